The van der Waals surface area contributed by atoms with Crippen molar-refractivity contribution >= 4 is 28.0 Å². The molecule has 0 aromatic heterocycles. The number of carbonyl (C=O) groups excluding carboxylic acids is 2. The second kappa shape index (κ2) is 13.5. The van der Waals surface area contributed by atoms with Gasteiger partial charge in [-0.15, -0.1) is 0 Å². The smallest absolute Gasteiger partial charge is 0.338 e. The van der Waals surface area contributed by atoms with Gasteiger partial charge in [-0.2, -0.15) is 0 Å². The number of rotatable bonds is 9. The van der Waals surface area contributed by atoms with Crippen molar-refractivity contribution in [3.63, 3.8) is 0 Å². The average molecular weight is 432 g/mol. The second-order valence-corrected chi connectivity index (χ2v) is 5.82. The normalized spacial score (nSPS) is 20.4. The number of hydrogen-bond acceptors (Lipinski definition) is 7. The molecule has 1 atom stereocenters. The summed E-state index contributed by atoms with van der Waals surface area (Å²) in [7, 11) is -3.92. The van der Waals surface area contributed by atoms with E-state index in [1.165, 1.54) is 0 Å². The van der Waals surface area contributed by atoms with E-state index in [9.17, 15) is 9.59 Å². The minimum absolute atomic E-state index is 0.0555. The summed E-state index contributed by atoms with van der Waals surface area (Å²) in [4.78, 5) is 24.2. The maximum absolute atomic E-state index is 12.5. The lowest BCUT2D eigenvalue weighted by Crippen LogP contribution is -2.54. The Hall–Kier alpha value is -2.66. The number of carbonyl (C=O) groups is 2. The van der Waals surface area contributed by atoms with Crippen molar-refractivity contribution in [1.29, 1.82) is 0 Å². The fourth-order valence-electron chi connectivity index (χ4n) is 1.25. The van der Waals surface area contributed by atoms with Crippen molar-refractivity contribution in [2.75, 3.05) is 19.4 Å². The number of ether oxygens (including phenoxy) is 2. The molecular formula is C17H27N3O7S. The first-order valence-electron chi connectivity index (χ1n) is 14.0. The highest BCUT2D eigenvalue weighted by Gasteiger charge is 2.08. The molecule has 0 radical (unpaired) electrons. The zero-order valence-electron chi connectivity index (χ0n) is 28.7. The largest absolute Gasteiger partial charge is 0.748 e. The van der Waals surface area contributed by atoms with E-state index in [1.807, 2.05) is 0 Å². The Morgan fingerprint density at radius 2 is 2.00 bits per heavy atom. The van der Waals surface area contributed by atoms with Gasteiger partial charge >= 0.3 is 17.9 Å². The summed E-state index contributed by atoms with van der Waals surface area (Å²) in [5, 5.41) is -0.939. The molecule has 28 heavy (non-hydrogen) atoms. The first kappa shape index (κ1) is 10.2. The molecule has 0 bridgehead atoms. The van der Waals surface area contributed by atoms with Crippen molar-refractivity contribution in [3.05, 3.63) is 29.8 Å². The van der Waals surface area contributed by atoms with Gasteiger partial charge in [-0.05, 0) is 50.3 Å². The summed E-state index contributed by atoms with van der Waals surface area (Å²) in [5.74, 6) is -4.42. The zero-order valence-corrected chi connectivity index (χ0v) is 15.5. The van der Waals surface area contributed by atoms with Crippen molar-refractivity contribution in [2.24, 2.45) is 5.72 Å². The molecule has 0 heterocycles. The Labute approximate surface area is 184 Å². The van der Waals surface area contributed by atoms with E-state index in [4.69, 9.17) is 41.8 Å². The lowest BCUT2D eigenvalue weighted by molar-refractivity contribution is -0.134. The van der Waals surface area contributed by atoms with E-state index >= 15 is 0 Å². The third-order valence-electron chi connectivity index (χ3n) is 2.12. The number of guanidine groups is 1. The van der Waals surface area contributed by atoms with Crippen molar-refractivity contribution < 1.29 is 56.8 Å². The van der Waals surface area contributed by atoms with Gasteiger partial charge in [0.1, 0.15) is 5.75 Å². The molecule has 0 aliphatic carbocycles. The van der Waals surface area contributed by atoms with Crippen LogP contribution < -0.4 is 21.2 Å². The number of esters is 2. The molecule has 5 N–H and O–H groups in total. The van der Waals surface area contributed by atoms with Crippen LogP contribution in [-0.2, 0) is 19.6 Å². The maximum atomic E-state index is 12.5. The van der Waals surface area contributed by atoms with Crippen LogP contribution in [0.1, 0.15) is 55.1 Å². The van der Waals surface area contributed by atoms with E-state index in [0.717, 1.165) is 24.3 Å². The quantitative estimate of drug-likeness (QED) is 0.148. The van der Waals surface area contributed by atoms with Gasteiger partial charge in [0.25, 0.3) is 7.06 Å². The molecule has 1 rings (SSSR count). The highest BCUT2D eigenvalue weighted by atomic mass is 32.2. The van der Waals surface area contributed by atoms with Gasteiger partial charge in [0.05, 0.1) is 30.2 Å². The number of benzene rings is 1. The predicted molar refractivity (Wildman–Crippen MR) is 101 cm³/mol. The average Bonchev–Trinajstić information content (AvgIpc) is 2.82. The van der Waals surface area contributed by atoms with Crippen LogP contribution in [0.25, 0.3) is 0 Å². The third-order valence-corrected chi connectivity index (χ3v) is 2.12. The van der Waals surface area contributed by atoms with Crippen LogP contribution in [0.5, 0.6) is 5.75 Å². The first-order valence-corrected chi connectivity index (χ1v) is 9.03. The van der Waals surface area contributed by atoms with Gasteiger partial charge in [0, 0.05) is 23.6 Å². The Bertz CT molecular complexity index is 1230. The maximum Gasteiger partial charge on any atom is 0.338 e. The molecule has 0 amide bonds. The molecule has 0 fully saturated rings. The van der Waals surface area contributed by atoms with Crippen LogP contribution in [0.3, 0.4) is 0 Å². The fraction of sp³-hybridized carbons (Fsp3) is 0.471. The van der Waals surface area contributed by atoms with E-state index in [-0.39, 0.29) is 17.9 Å². The molecule has 11 heteroatoms. The Morgan fingerprint density at radius 3 is 2.54 bits per heavy atom. The minimum atomic E-state index is -4.06. The molecule has 1 unspecified atom stereocenters. The molecule has 1 aromatic carbocycles. The van der Waals surface area contributed by atoms with Crippen molar-refractivity contribution in [1.82, 2.24) is 5.31 Å². The predicted octanol–water partition coefficient (Wildman–Crippen LogP) is -0.846. The first-order chi connectivity index (χ1) is 18.7. The number of nitrogens with one attached hydrogen (secondary N) is 1. The fourth-order valence-corrected chi connectivity index (χ4v) is 1.25. The SMILES string of the molecule is CS(=O)(=O)[O-].[2H]C(N([2H])C(N([2H])[2H])=[N+]([2H])[2H])C([2H])([2H])C([2H])([2H])C([2H])([2H])C([2H])([2H])C(=O)Oc1ccc(C(=O)OCC)cc1. The summed E-state index contributed by atoms with van der Waals surface area (Å²) in [6.07, 6.45) is -15.3. The van der Waals surface area contributed by atoms with Crippen LogP contribution in [0.2, 0.25) is 7.06 Å². The van der Waals surface area contributed by atoms with E-state index in [2.05, 4.69) is 0 Å². The van der Waals surface area contributed by atoms with Gasteiger partial charge in [0.15, 0.2) is 0 Å². The topological polar surface area (TPSA) is 173 Å². The third kappa shape index (κ3) is 15.6. The van der Waals surface area contributed by atoms with Gasteiger partial charge in [-0.1, -0.05) is 0 Å². The molecule has 0 spiro atoms. The van der Waals surface area contributed by atoms with E-state index in [0.29, 0.717) is 6.26 Å². The number of nitrogens with two attached hydrogens (primary N) is 2. The molecule has 1 aromatic rings. The standard InChI is InChI=1S/C16H23N3O4.CH4O3S/c1-2-22-15(21)12-7-9-13(10-8-12)23-14(20)6-4-3-5-11-19-16(17)18;1-5(2,3)4/h7-10H,2-6,11H2,1H3,(H4,17,18,19);1H3,(H,2,3,4)/i3D2,4D2,5D2,6D2,11D;/hD5. The highest BCUT2D eigenvalue weighted by Crippen LogP contribution is 2.14. The molecule has 0 aliphatic heterocycles. The molecule has 10 nitrogen and oxygen atoms in total. The molecule has 0 saturated carbocycles. The summed E-state index contributed by atoms with van der Waals surface area (Å²) in [6.45, 7) is -1.19. The van der Waals surface area contributed by atoms with Crippen LogP contribution in [0, 0.1) is 0 Å². The summed E-state index contributed by atoms with van der Waals surface area (Å²) < 4.78 is 145. The van der Waals surface area contributed by atoms with Crippen molar-refractivity contribution in [3.8, 4) is 5.75 Å². The molecule has 0 saturated heterocycles. The van der Waals surface area contributed by atoms with Crippen LogP contribution >= 0.6 is 0 Å². The molecule has 0 aliphatic rings. The highest BCUT2D eigenvalue weighted by molar-refractivity contribution is 7.84. The lowest BCUT2D eigenvalue weighted by atomic mass is 10.2. The van der Waals surface area contributed by atoms with E-state index in [1.54, 1.807) is 6.92 Å². The molecular weight excluding hydrogens is 390 g/mol. The lowest BCUT2D eigenvalue weighted by Gasteiger charge is -2.06. The Balaban J connectivity index is 0.00000308. The van der Waals surface area contributed by atoms with Crippen LogP contribution in [0.4, 0.5) is 0 Å². The monoisotopic (exact) mass is 431 g/mol. The van der Waals surface area contributed by atoms with Gasteiger partial charge < -0.3 is 14.0 Å². The Morgan fingerprint density at radius 1 is 1.36 bits per heavy atom. The van der Waals surface area contributed by atoms with Crippen molar-refractivity contribution in [2.45, 2.75) is 32.4 Å². The van der Waals surface area contributed by atoms with Gasteiger partial charge in [0.2, 0.25) is 0 Å². The zero-order chi connectivity index (χ0) is 33.6. The summed E-state index contributed by atoms with van der Waals surface area (Å²) in [6, 6.07) is 4.43. The van der Waals surface area contributed by atoms with E-state index < -0.39 is 76.5 Å². The minimum Gasteiger partial charge on any atom is -0.748 e. The number of hydrogen-bond donors (Lipinski definition) is 3. The van der Waals surface area contributed by atoms with Crippen LogP contribution in [0.15, 0.2) is 24.3 Å². The second-order valence-electron chi connectivity index (χ2n) is 4.42. The van der Waals surface area contributed by atoms with Gasteiger partial charge in [-0.25, -0.2) is 13.2 Å². The van der Waals surface area contributed by atoms with Gasteiger partial charge in [-0.3, -0.25) is 21.2 Å². The summed E-state index contributed by atoms with van der Waals surface area (Å²) >= 11 is 0. The molecule has 158 valence electrons. The van der Waals surface area contributed by atoms with Crippen LogP contribution in [-0.4, -0.2) is 50.3 Å². The Kier molecular flexibility index (Phi) is 4.92. The summed E-state index contributed by atoms with van der Waals surface area (Å²) in [5.41, 5.74) is -0.460.